The fourth-order valence-corrected chi connectivity index (χ4v) is 0.837. The minimum atomic E-state index is 0.318. The zero-order valence-electron chi connectivity index (χ0n) is 7.31. The highest BCUT2D eigenvalue weighted by Crippen LogP contribution is 1.97. The molecule has 0 amide bonds. The van der Waals surface area contributed by atoms with Crippen LogP contribution in [0.5, 0.6) is 0 Å². The monoisotopic (exact) mass is 161 g/mol. The first-order valence-corrected chi connectivity index (χ1v) is 4.37. The zero-order valence-corrected chi connectivity index (χ0v) is 7.31. The molecule has 0 bridgehead atoms. The molecular weight excluding hydrogens is 142 g/mol. The van der Waals surface area contributed by atoms with Crippen molar-refractivity contribution in [2.75, 3.05) is 19.8 Å². The lowest BCUT2D eigenvalue weighted by Gasteiger charge is -2.02. The second-order valence-electron chi connectivity index (χ2n) is 2.47. The van der Waals surface area contributed by atoms with E-state index in [1.54, 1.807) is 0 Å². The van der Waals surface area contributed by atoms with Gasteiger partial charge in [0.2, 0.25) is 0 Å². The maximum Gasteiger partial charge on any atom is 0.0653 e. The second-order valence-corrected chi connectivity index (χ2v) is 2.47. The van der Waals surface area contributed by atoms with Crippen LogP contribution in [0.4, 0.5) is 0 Å². The van der Waals surface area contributed by atoms with E-state index in [1.165, 1.54) is 6.42 Å². The molecule has 0 fully saturated rings. The van der Waals surface area contributed by atoms with E-state index in [0.717, 1.165) is 32.4 Å². The van der Waals surface area contributed by atoms with Gasteiger partial charge in [-0.15, -0.1) is 0 Å². The third kappa shape index (κ3) is 9.88. The summed E-state index contributed by atoms with van der Waals surface area (Å²) in [7, 11) is 0. The summed E-state index contributed by atoms with van der Waals surface area (Å²) in [6.45, 7) is 3.91. The van der Waals surface area contributed by atoms with Gasteiger partial charge >= 0.3 is 0 Å². The Morgan fingerprint density at radius 1 is 1.18 bits per heavy atom. The molecule has 0 aromatic carbocycles. The Bertz CT molecular complexity index is 61.1. The molecule has 0 radical (unpaired) electrons. The van der Waals surface area contributed by atoms with Crippen LogP contribution in [-0.2, 0) is 4.84 Å². The molecule has 0 aromatic heterocycles. The van der Waals surface area contributed by atoms with Gasteiger partial charge in [0, 0.05) is 13.2 Å². The molecule has 3 heteroatoms. The van der Waals surface area contributed by atoms with Crippen molar-refractivity contribution < 1.29 is 9.94 Å². The minimum Gasteiger partial charge on any atom is -0.396 e. The van der Waals surface area contributed by atoms with Crippen LogP contribution >= 0.6 is 0 Å². The van der Waals surface area contributed by atoms with Crippen molar-refractivity contribution in [1.29, 1.82) is 0 Å². The summed E-state index contributed by atoms with van der Waals surface area (Å²) in [5.74, 6) is 0. The molecule has 0 unspecified atom stereocenters. The summed E-state index contributed by atoms with van der Waals surface area (Å²) in [6, 6.07) is 0. The summed E-state index contributed by atoms with van der Waals surface area (Å²) >= 11 is 0. The molecule has 0 heterocycles. The van der Waals surface area contributed by atoms with Crippen molar-refractivity contribution in [2.24, 2.45) is 0 Å². The Morgan fingerprint density at radius 3 is 2.55 bits per heavy atom. The molecule has 0 aliphatic carbocycles. The normalized spacial score (nSPS) is 10.4. The first kappa shape index (κ1) is 10.9. The van der Waals surface area contributed by atoms with Crippen molar-refractivity contribution in [2.45, 2.75) is 32.6 Å². The lowest BCUT2D eigenvalue weighted by atomic mass is 10.2. The van der Waals surface area contributed by atoms with Crippen molar-refractivity contribution in [1.82, 2.24) is 5.48 Å². The Labute approximate surface area is 68.7 Å². The molecule has 0 aliphatic rings. The van der Waals surface area contributed by atoms with E-state index in [4.69, 9.17) is 9.94 Å². The molecule has 0 aliphatic heterocycles. The van der Waals surface area contributed by atoms with Gasteiger partial charge in [0.15, 0.2) is 0 Å². The predicted molar refractivity (Wildman–Crippen MR) is 45.2 cm³/mol. The topological polar surface area (TPSA) is 41.5 Å². The van der Waals surface area contributed by atoms with Gasteiger partial charge in [0.05, 0.1) is 6.61 Å². The fourth-order valence-electron chi connectivity index (χ4n) is 0.837. The van der Waals surface area contributed by atoms with E-state index >= 15 is 0 Å². The van der Waals surface area contributed by atoms with Crippen molar-refractivity contribution in [3.63, 3.8) is 0 Å². The largest absolute Gasteiger partial charge is 0.396 e. The number of nitrogens with one attached hydrogen (secondary N) is 1. The standard InChI is InChI=1S/C8H19NO2/c1-2-11-9-7-5-3-4-6-8-10/h9-10H,2-8H2,1H3. The van der Waals surface area contributed by atoms with Crippen LogP contribution in [-0.4, -0.2) is 24.9 Å². The van der Waals surface area contributed by atoms with E-state index in [2.05, 4.69) is 5.48 Å². The van der Waals surface area contributed by atoms with Crippen molar-refractivity contribution >= 4 is 0 Å². The van der Waals surface area contributed by atoms with Gasteiger partial charge in [0.25, 0.3) is 0 Å². The minimum absolute atomic E-state index is 0.318. The van der Waals surface area contributed by atoms with Crippen LogP contribution in [0.2, 0.25) is 0 Å². The van der Waals surface area contributed by atoms with Gasteiger partial charge in [0.1, 0.15) is 0 Å². The Balaban J connectivity index is 2.69. The molecule has 0 atom stereocenters. The maximum atomic E-state index is 8.47. The van der Waals surface area contributed by atoms with Crippen LogP contribution in [0, 0.1) is 0 Å². The lowest BCUT2D eigenvalue weighted by Crippen LogP contribution is -2.15. The van der Waals surface area contributed by atoms with Crippen LogP contribution in [0.25, 0.3) is 0 Å². The molecule has 2 N–H and O–H groups in total. The molecule has 0 aromatic rings. The summed E-state index contributed by atoms with van der Waals surface area (Å²) < 4.78 is 0. The Morgan fingerprint density at radius 2 is 1.91 bits per heavy atom. The average Bonchev–Trinajstić information content (AvgIpc) is 2.03. The number of unbranched alkanes of at least 4 members (excludes halogenated alkanes) is 3. The molecule has 3 nitrogen and oxygen atoms in total. The number of aliphatic hydroxyl groups excluding tert-OH is 1. The van der Waals surface area contributed by atoms with E-state index in [0.29, 0.717) is 6.61 Å². The molecular formula is C8H19NO2. The van der Waals surface area contributed by atoms with Crippen LogP contribution in [0.3, 0.4) is 0 Å². The summed E-state index contributed by atoms with van der Waals surface area (Å²) in [5.41, 5.74) is 2.85. The summed E-state index contributed by atoms with van der Waals surface area (Å²) in [6.07, 6.45) is 4.33. The molecule has 0 saturated carbocycles. The van der Waals surface area contributed by atoms with Crippen molar-refractivity contribution in [3.05, 3.63) is 0 Å². The Hall–Kier alpha value is -0.120. The van der Waals surface area contributed by atoms with E-state index in [-0.39, 0.29) is 0 Å². The highest BCUT2D eigenvalue weighted by molar-refractivity contribution is 4.42. The maximum absolute atomic E-state index is 8.47. The van der Waals surface area contributed by atoms with Crippen LogP contribution in [0.15, 0.2) is 0 Å². The van der Waals surface area contributed by atoms with E-state index < -0.39 is 0 Å². The molecule has 68 valence electrons. The highest BCUT2D eigenvalue weighted by Gasteiger charge is 1.88. The predicted octanol–water partition coefficient (Wildman–Crippen LogP) is 1.08. The van der Waals surface area contributed by atoms with E-state index in [9.17, 15) is 0 Å². The molecule has 0 spiro atoms. The molecule has 0 rings (SSSR count). The summed E-state index contributed by atoms with van der Waals surface area (Å²) in [5, 5.41) is 8.47. The summed E-state index contributed by atoms with van der Waals surface area (Å²) in [4.78, 5) is 4.94. The number of hydrogen-bond donors (Lipinski definition) is 2. The van der Waals surface area contributed by atoms with Gasteiger partial charge < -0.3 is 9.94 Å². The first-order chi connectivity index (χ1) is 5.41. The van der Waals surface area contributed by atoms with Gasteiger partial charge in [-0.1, -0.05) is 12.8 Å². The van der Waals surface area contributed by atoms with Gasteiger partial charge in [-0.25, -0.2) is 5.48 Å². The molecule has 0 saturated heterocycles. The fraction of sp³-hybridized carbons (Fsp3) is 1.00. The van der Waals surface area contributed by atoms with Crippen LogP contribution < -0.4 is 5.48 Å². The number of hydrogen-bond acceptors (Lipinski definition) is 3. The van der Waals surface area contributed by atoms with Gasteiger partial charge in [-0.3, -0.25) is 0 Å². The number of rotatable bonds is 8. The number of aliphatic hydroxyl groups is 1. The average molecular weight is 161 g/mol. The third-order valence-electron chi connectivity index (χ3n) is 1.43. The van der Waals surface area contributed by atoms with Crippen LogP contribution in [0.1, 0.15) is 32.6 Å². The van der Waals surface area contributed by atoms with E-state index in [1.807, 2.05) is 6.92 Å². The Kier molecular flexibility index (Phi) is 9.77. The smallest absolute Gasteiger partial charge is 0.0653 e. The number of hydroxylamine groups is 1. The second kappa shape index (κ2) is 9.88. The molecule has 11 heavy (non-hydrogen) atoms. The highest BCUT2D eigenvalue weighted by atomic mass is 16.6. The van der Waals surface area contributed by atoms with Gasteiger partial charge in [-0.05, 0) is 19.8 Å². The third-order valence-corrected chi connectivity index (χ3v) is 1.43. The first-order valence-electron chi connectivity index (χ1n) is 4.37. The quantitative estimate of drug-likeness (QED) is 0.413. The van der Waals surface area contributed by atoms with Gasteiger partial charge in [-0.2, -0.15) is 0 Å². The zero-order chi connectivity index (χ0) is 8.36. The lowest BCUT2D eigenvalue weighted by molar-refractivity contribution is 0.0500. The van der Waals surface area contributed by atoms with Crippen molar-refractivity contribution in [3.8, 4) is 0 Å². The SMILES string of the molecule is CCONCCCCCCO.